The van der Waals surface area contributed by atoms with Crippen LogP contribution in [0.5, 0.6) is 0 Å². The van der Waals surface area contributed by atoms with Crippen LogP contribution in [0.3, 0.4) is 0 Å². The number of rotatable bonds is 3. The van der Waals surface area contributed by atoms with E-state index in [1.165, 1.54) is 65.3 Å². The van der Waals surface area contributed by atoms with Crippen LogP contribution in [0.25, 0.3) is 98.5 Å². The summed E-state index contributed by atoms with van der Waals surface area (Å²) in [5, 5.41) is 12.1. The molecule has 1 heterocycles. The lowest BCUT2D eigenvalue weighted by atomic mass is 9.86. The molecule has 0 saturated heterocycles. The molecule has 0 atom stereocenters. The van der Waals surface area contributed by atoms with Crippen LogP contribution in [0.15, 0.2) is 158 Å². The van der Waals surface area contributed by atoms with Gasteiger partial charge in [0.05, 0.1) is 11.0 Å². The third-order valence-corrected chi connectivity index (χ3v) is 9.59. The molecule has 0 aliphatic carbocycles. The molecule has 0 bridgehead atoms. The molecular formula is C44H26N2. The topological polar surface area (TPSA) is 25.8 Å². The summed E-state index contributed by atoms with van der Waals surface area (Å²) in [6.45, 7) is 0. The molecular weight excluding hydrogens is 556 g/mol. The number of aromatic nitrogens is 2. The number of fused-ring (bicyclic) bond motifs is 3. The molecule has 1 aromatic heterocycles. The van der Waals surface area contributed by atoms with E-state index in [1.54, 1.807) is 0 Å². The first-order chi connectivity index (χ1) is 22.8. The summed E-state index contributed by atoms with van der Waals surface area (Å²) in [6.07, 6.45) is 0. The molecule has 10 aromatic rings. The Morgan fingerprint density at radius 1 is 0.304 bits per heavy atom. The van der Waals surface area contributed by atoms with Crippen LogP contribution in [0, 0.1) is 0 Å². The molecule has 0 fully saturated rings. The van der Waals surface area contributed by atoms with Gasteiger partial charge in [-0.25, -0.2) is 9.97 Å². The highest BCUT2D eigenvalue weighted by molar-refractivity contribution is 6.27. The molecule has 2 heteroatoms. The maximum absolute atomic E-state index is 5.22. The van der Waals surface area contributed by atoms with E-state index < -0.39 is 0 Å². The van der Waals surface area contributed by atoms with E-state index in [2.05, 4.69) is 158 Å². The third kappa shape index (κ3) is 3.77. The second-order valence-electron chi connectivity index (χ2n) is 12.2. The van der Waals surface area contributed by atoms with E-state index in [-0.39, 0.29) is 0 Å². The van der Waals surface area contributed by atoms with Gasteiger partial charge in [-0.1, -0.05) is 127 Å². The fraction of sp³-hybridized carbons (Fsp3) is 0. The highest BCUT2D eigenvalue weighted by Crippen LogP contribution is 2.44. The number of nitrogens with zero attached hydrogens (tertiary/aromatic N) is 2. The molecule has 0 spiro atoms. The zero-order chi connectivity index (χ0) is 30.2. The Balaban J connectivity index is 1.30. The SMILES string of the molecule is c1ccc2cc(-c3cc(-c4ccc5ccccc5c4)c4ccc5nc(-c6cccc7ccccc67)nc6ccc3c4c65)ccc2c1. The van der Waals surface area contributed by atoms with Gasteiger partial charge in [0.25, 0.3) is 0 Å². The molecule has 212 valence electrons. The second kappa shape index (κ2) is 9.69. The zero-order valence-corrected chi connectivity index (χ0v) is 24.9. The highest BCUT2D eigenvalue weighted by Gasteiger charge is 2.19. The fourth-order valence-corrected chi connectivity index (χ4v) is 7.38. The minimum absolute atomic E-state index is 0.757. The average Bonchev–Trinajstić information content (AvgIpc) is 3.12. The monoisotopic (exact) mass is 582 g/mol. The zero-order valence-electron chi connectivity index (χ0n) is 24.9. The molecule has 0 N–H and O–H groups in total. The van der Waals surface area contributed by atoms with Crippen molar-refractivity contribution in [1.29, 1.82) is 0 Å². The van der Waals surface area contributed by atoms with Gasteiger partial charge in [0.1, 0.15) is 0 Å². The van der Waals surface area contributed by atoms with Crippen molar-refractivity contribution < 1.29 is 0 Å². The van der Waals surface area contributed by atoms with Gasteiger partial charge in [0, 0.05) is 16.3 Å². The standard InChI is InChI=1S/C44H26N2/c1-3-11-30-24-32(18-16-27(30)8-1)38-26-39(33-19-17-28-9-2-4-12-31(28)25-33)36-21-23-41-43-40(22-20-35(38)42(36)43)45-44(46-41)37-15-7-13-29-10-5-6-14-34(29)37/h1-26H. The minimum Gasteiger partial charge on any atom is -0.228 e. The molecule has 0 aliphatic rings. The summed E-state index contributed by atoms with van der Waals surface area (Å²) in [4.78, 5) is 10.4. The van der Waals surface area contributed by atoms with Gasteiger partial charge in [-0.3, -0.25) is 0 Å². The molecule has 0 amide bonds. The van der Waals surface area contributed by atoms with Crippen LogP contribution in [0.4, 0.5) is 0 Å². The Kier molecular flexibility index (Phi) is 5.31. The van der Waals surface area contributed by atoms with Gasteiger partial charge in [-0.2, -0.15) is 0 Å². The lowest BCUT2D eigenvalue weighted by Gasteiger charge is -2.18. The van der Waals surface area contributed by atoms with Gasteiger partial charge in [-0.05, 0) is 95.7 Å². The van der Waals surface area contributed by atoms with Crippen molar-refractivity contribution in [2.45, 2.75) is 0 Å². The van der Waals surface area contributed by atoms with Crippen LogP contribution in [0.1, 0.15) is 0 Å². The predicted molar refractivity (Wildman–Crippen MR) is 195 cm³/mol. The molecule has 0 radical (unpaired) electrons. The summed E-state index contributed by atoms with van der Waals surface area (Å²) < 4.78 is 0. The van der Waals surface area contributed by atoms with Crippen LogP contribution < -0.4 is 0 Å². The van der Waals surface area contributed by atoms with Gasteiger partial charge < -0.3 is 0 Å². The Bertz CT molecular complexity index is 2660. The highest BCUT2D eigenvalue weighted by atomic mass is 14.9. The third-order valence-electron chi connectivity index (χ3n) is 9.59. The molecule has 10 rings (SSSR count). The Morgan fingerprint density at radius 2 is 0.826 bits per heavy atom. The number of hydrogen-bond acceptors (Lipinski definition) is 2. The van der Waals surface area contributed by atoms with Crippen molar-refractivity contribution in [2.75, 3.05) is 0 Å². The van der Waals surface area contributed by atoms with E-state index >= 15 is 0 Å². The minimum atomic E-state index is 0.757. The summed E-state index contributed by atoms with van der Waals surface area (Å²) in [7, 11) is 0. The molecule has 0 aliphatic heterocycles. The predicted octanol–water partition coefficient (Wildman–Crippen LogP) is 11.8. The average molecular weight is 583 g/mol. The van der Waals surface area contributed by atoms with Crippen molar-refractivity contribution in [3.63, 3.8) is 0 Å². The van der Waals surface area contributed by atoms with Gasteiger partial charge in [0.15, 0.2) is 5.82 Å². The van der Waals surface area contributed by atoms with Gasteiger partial charge in [0.2, 0.25) is 0 Å². The maximum atomic E-state index is 5.22. The van der Waals surface area contributed by atoms with Crippen LogP contribution >= 0.6 is 0 Å². The van der Waals surface area contributed by atoms with Crippen molar-refractivity contribution in [3.05, 3.63) is 158 Å². The summed E-state index contributed by atoms with van der Waals surface area (Å²) in [5.74, 6) is 0.757. The Morgan fingerprint density at radius 3 is 1.43 bits per heavy atom. The summed E-state index contributed by atoms with van der Waals surface area (Å²) in [5.41, 5.74) is 7.82. The van der Waals surface area contributed by atoms with Gasteiger partial charge in [-0.15, -0.1) is 0 Å². The van der Waals surface area contributed by atoms with E-state index in [4.69, 9.17) is 9.97 Å². The molecule has 9 aromatic carbocycles. The van der Waals surface area contributed by atoms with Crippen molar-refractivity contribution >= 4 is 64.9 Å². The first kappa shape index (κ1) is 25.2. The fourth-order valence-electron chi connectivity index (χ4n) is 7.38. The smallest absolute Gasteiger partial charge is 0.161 e. The van der Waals surface area contributed by atoms with Crippen LogP contribution in [-0.2, 0) is 0 Å². The molecule has 2 nitrogen and oxygen atoms in total. The normalized spacial score (nSPS) is 11.9. The van der Waals surface area contributed by atoms with E-state index in [0.29, 0.717) is 0 Å². The first-order valence-corrected chi connectivity index (χ1v) is 15.7. The van der Waals surface area contributed by atoms with E-state index in [1.807, 2.05) is 0 Å². The van der Waals surface area contributed by atoms with E-state index in [0.717, 1.165) is 33.2 Å². The lowest BCUT2D eigenvalue weighted by Crippen LogP contribution is -1.96. The Labute approximate surface area is 265 Å². The van der Waals surface area contributed by atoms with Gasteiger partial charge >= 0.3 is 0 Å². The lowest BCUT2D eigenvalue weighted by molar-refractivity contribution is 1.27. The molecule has 0 saturated carbocycles. The maximum Gasteiger partial charge on any atom is 0.161 e. The Hall–Kier alpha value is -6.12. The largest absolute Gasteiger partial charge is 0.228 e. The van der Waals surface area contributed by atoms with Crippen LogP contribution in [-0.4, -0.2) is 9.97 Å². The summed E-state index contributed by atoms with van der Waals surface area (Å²) >= 11 is 0. The molecule has 0 unspecified atom stereocenters. The van der Waals surface area contributed by atoms with Crippen molar-refractivity contribution in [2.24, 2.45) is 0 Å². The first-order valence-electron chi connectivity index (χ1n) is 15.7. The van der Waals surface area contributed by atoms with Crippen LogP contribution in [0.2, 0.25) is 0 Å². The summed E-state index contributed by atoms with van der Waals surface area (Å²) in [6, 6.07) is 56.9. The molecule has 46 heavy (non-hydrogen) atoms. The van der Waals surface area contributed by atoms with Crippen molar-refractivity contribution in [1.82, 2.24) is 9.97 Å². The van der Waals surface area contributed by atoms with E-state index in [9.17, 15) is 0 Å². The van der Waals surface area contributed by atoms with Crippen molar-refractivity contribution in [3.8, 4) is 33.6 Å². The number of benzene rings is 9. The quantitative estimate of drug-likeness (QED) is 0.194. The second-order valence-corrected chi connectivity index (χ2v) is 12.2. The number of hydrogen-bond donors (Lipinski definition) is 0.